The van der Waals surface area contributed by atoms with Gasteiger partial charge in [-0.25, -0.2) is 8.78 Å². The second-order valence-corrected chi connectivity index (χ2v) is 2.78. The van der Waals surface area contributed by atoms with Crippen LogP contribution in [-0.4, -0.2) is 25.2 Å². The van der Waals surface area contributed by atoms with Gasteiger partial charge in [0.1, 0.15) is 0 Å². The van der Waals surface area contributed by atoms with Crippen LogP contribution in [0, 0.1) is 0 Å². The van der Waals surface area contributed by atoms with Gasteiger partial charge in [-0.3, -0.25) is 0 Å². The molecule has 1 fully saturated rings. The molecule has 2 N–H and O–H groups in total. The van der Waals surface area contributed by atoms with Gasteiger partial charge in [-0.05, 0) is 6.42 Å². The highest BCUT2D eigenvalue weighted by molar-refractivity contribution is 5.15. The highest BCUT2D eigenvalue weighted by Gasteiger charge is 2.68. The molecule has 0 aromatic rings. The summed E-state index contributed by atoms with van der Waals surface area (Å²) < 4.78 is 29.3. The summed E-state index contributed by atoms with van der Waals surface area (Å²) in [7, 11) is 1.48. The predicted molar refractivity (Wildman–Crippen MR) is 33.0 cm³/mol. The molecule has 0 saturated heterocycles. The summed E-state index contributed by atoms with van der Waals surface area (Å²) in [6, 6.07) is 0. The molecule has 1 rings (SSSR count). The quantitative estimate of drug-likeness (QED) is 0.646. The Morgan fingerprint density at radius 1 is 1.60 bits per heavy atom. The molecule has 4 heteroatoms. The van der Waals surface area contributed by atoms with Gasteiger partial charge in [0.15, 0.2) is 0 Å². The van der Waals surface area contributed by atoms with Crippen molar-refractivity contribution in [1.82, 2.24) is 0 Å². The summed E-state index contributed by atoms with van der Waals surface area (Å²) in [5, 5.41) is 0. The van der Waals surface area contributed by atoms with Gasteiger partial charge in [-0.2, -0.15) is 0 Å². The van der Waals surface area contributed by atoms with E-state index in [1.165, 1.54) is 7.11 Å². The first-order valence-corrected chi connectivity index (χ1v) is 3.17. The molecular formula is C6H11F2NO. The van der Waals surface area contributed by atoms with E-state index in [2.05, 4.69) is 4.74 Å². The molecule has 0 spiro atoms. The highest BCUT2D eigenvalue weighted by atomic mass is 19.3. The SMILES string of the molecule is COCCC1(N)CC1(F)F. The first-order valence-electron chi connectivity index (χ1n) is 3.17. The molecule has 0 amide bonds. The third-order valence-corrected chi connectivity index (χ3v) is 1.89. The summed E-state index contributed by atoms with van der Waals surface area (Å²) in [6.07, 6.45) is 0.0554. The number of methoxy groups -OCH3 is 1. The smallest absolute Gasteiger partial charge is 0.267 e. The molecule has 1 saturated carbocycles. The normalized spacial score (nSPS) is 36.0. The van der Waals surface area contributed by atoms with Crippen LogP contribution in [0.3, 0.4) is 0 Å². The van der Waals surface area contributed by atoms with Gasteiger partial charge >= 0.3 is 0 Å². The fraction of sp³-hybridized carbons (Fsp3) is 1.00. The maximum atomic E-state index is 12.3. The van der Waals surface area contributed by atoms with Gasteiger partial charge in [-0.15, -0.1) is 0 Å². The van der Waals surface area contributed by atoms with Crippen molar-refractivity contribution in [2.24, 2.45) is 5.73 Å². The minimum Gasteiger partial charge on any atom is -0.385 e. The Kier molecular flexibility index (Phi) is 1.68. The Morgan fingerprint density at radius 2 is 2.10 bits per heavy atom. The van der Waals surface area contributed by atoms with E-state index in [1.807, 2.05) is 0 Å². The third-order valence-electron chi connectivity index (χ3n) is 1.89. The van der Waals surface area contributed by atoms with Gasteiger partial charge in [0, 0.05) is 20.1 Å². The number of alkyl halides is 2. The Bertz CT molecular complexity index is 140. The number of ether oxygens (including phenoxy) is 1. The van der Waals surface area contributed by atoms with Crippen LogP contribution < -0.4 is 5.73 Å². The van der Waals surface area contributed by atoms with Crippen molar-refractivity contribution in [2.45, 2.75) is 24.3 Å². The summed E-state index contributed by atoms with van der Waals surface area (Å²) in [4.78, 5) is 0. The van der Waals surface area contributed by atoms with Crippen molar-refractivity contribution in [2.75, 3.05) is 13.7 Å². The Labute approximate surface area is 58.3 Å². The minimum atomic E-state index is -2.65. The van der Waals surface area contributed by atoms with Crippen LogP contribution in [0.2, 0.25) is 0 Å². The zero-order valence-corrected chi connectivity index (χ0v) is 5.86. The van der Waals surface area contributed by atoms with Gasteiger partial charge in [0.05, 0.1) is 5.54 Å². The molecule has 1 atom stereocenters. The molecule has 60 valence electrons. The summed E-state index contributed by atoms with van der Waals surface area (Å²) in [5.74, 6) is -2.65. The van der Waals surface area contributed by atoms with E-state index < -0.39 is 11.5 Å². The van der Waals surface area contributed by atoms with Gasteiger partial charge in [0.2, 0.25) is 0 Å². The topological polar surface area (TPSA) is 35.2 Å². The molecular weight excluding hydrogens is 140 g/mol. The number of halogens is 2. The minimum absolute atomic E-state index is 0.191. The molecule has 0 bridgehead atoms. The second-order valence-electron chi connectivity index (χ2n) is 2.78. The average molecular weight is 151 g/mol. The van der Waals surface area contributed by atoms with Crippen LogP contribution in [0.1, 0.15) is 12.8 Å². The Hall–Kier alpha value is -0.220. The van der Waals surface area contributed by atoms with Crippen molar-refractivity contribution in [3.8, 4) is 0 Å². The number of hydrogen-bond acceptors (Lipinski definition) is 2. The van der Waals surface area contributed by atoms with Crippen LogP contribution in [0.5, 0.6) is 0 Å². The van der Waals surface area contributed by atoms with Crippen LogP contribution in [0.25, 0.3) is 0 Å². The fourth-order valence-corrected chi connectivity index (χ4v) is 0.907. The van der Waals surface area contributed by atoms with Crippen LogP contribution in [-0.2, 0) is 4.74 Å². The largest absolute Gasteiger partial charge is 0.385 e. The van der Waals surface area contributed by atoms with E-state index in [-0.39, 0.29) is 12.8 Å². The Morgan fingerprint density at radius 3 is 2.40 bits per heavy atom. The number of rotatable bonds is 3. The van der Waals surface area contributed by atoms with Gasteiger partial charge < -0.3 is 10.5 Å². The molecule has 1 aliphatic rings. The molecule has 1 aliphatic carbocycles. The van der Waals surface area contributed by atoms with Crippen LogP contribution in [0.15, 0.2) is 0 Å². The zero-order chi connectivity index (χ0) is 7.83. The first-order chi connectivity index (χ1) is 4.52. The summed E-state index contributed by atoms with van der Waals surface area (Å²) >= 11 is 0. The molecule has 2 nitrogen and oxygen atoms in total. The second kappa shape index (κ2) is 2.13. The van der Waals surface area contributed by atoms with E-state index in [4.69, 9.17) is 5.73 Å². The van der Waals surface area contributed by atoms with Crippen molar-refractivity contribution < 1.29 is 13.5 Å². The lowest BCUT2D eigenvalue weighted by atomic mass is 10.2. The first kappa shape index (κ1) is 7.88. The van der Waals surface area contributed by atoms with Gasteiger partial charge in [-0.1, -0.05) is 0 Å². The molecule has 0 radical (unpaired) electrons. The van der Waals surface area contributed by atoms with E-state index in [9.17, 15) is 8.78 Å². The lowest BCUT2D eigenvalue weighted by molar-refractivity contribution is 0.0766. The van der Waals surface area contributed by atoms with Crippen molar-refractivity contribution in [1.29, 1.82) is 0 Å². The monoisotopic (exact) mass is 151 g/mol. The molecule has 0 heterocycles. The zero-order valence-electron chi connectivity index (χ0n) is 5.86. The predicted octanol–water partition coefficient (Wildman–Crippen LogP) is 0.759. The summed E-state index contributed by atoms with van der Waals surface area (Å²) in [6.45, 7) is 0.312. The van der Waals surface area contributed by atoms with Crippen molar-refractivity contribution >= 4 is 0 Å². The molecule has 0 aromatic carbocycles. The van der Waals surface area contributed by atoms with E-state index in [0.717, 1.165) is 0 Å². The van der Waals surface area contributed by atoms with Crippen molar-refractivity contribution in [3.63, 3.8) is 0 Å². The van der Waals surface area contributed by atoms with Crippen LogP contribution >= 0.6 is 0 Å². The van der Waals surface area contributed by atoms with E-state index in [0.29, 0.717) is 6.61 Å². The van der Waals surface area contributed by atoms with Crippen LogP contribution in [0.4, 0.5) is 8.78 Å². The number of nitrogens with two attached hydrogens (primary N) is 1. The average Bonchev–Trinajstić information content (AvgIpc) is 2.29. The van der Waals surface area contributed by atoms with Gasteiger partial charge in [0.25, 0.3) is 5.92 Å². The Balaban J connectivity index is 2.30. The maximum Gasteiger partial charge on any atom is 0.267 e. The standard InChI is InChI=1S/C6H11F2NO/c1-10-3-2-5(9)4-6(5,7)8/h2-4,9H2,1H3. The van der Waals surface area contributed by atoms with E-state index in [1.54, 1.807) is 0 Å². The lowest BCUT2D eigenvalue weighted by Gasteiger charge is -2.07. The molecule has 0 aromatic heterocycles. The maximum absolute atomic E-state index is 12.3. The third kappa shape index (κ3) is 1.13. The van der Waals surface area contributed by atoms with E-state index >= 15 is 0 Å². The molecule has 1 unspecified atom stereocenters. The molecule has 0 aliphatic heterocycles. The number of hydrogen-bond donors (Lipinski definition) is 1. The summed E-state index contributed by atoms with van der Waals surface area (Å²) in [5.41, 5.74) is 4.02. The van der Waals surface area contributed by atoms with Crippen molar-refractivity contribution in [3.05, 3.63) is 0 Å². The fourth-order valence-electron chi connectivity index (χ4n) is 0.907. The molecule has 10 heavy (non-hydrogen) atoms. The lowest BCUT2D eigenvalue weighted by Crippen LogP contribution is -2.31. The highest BCUT2D eigenvalue weighted by Crippen LogP contribution is 2.52.